The number of aromatic nitrogens is 2. The molecule has 2 aromatic rings. The zero-order chi connectivity index (χ0) is 32.2. The van der Waals surface area contributed by atoms with Crippen molar-refractivity contribution in [2.45, 2.75) is 103 Å². The first-order valence-electron chi connectivity index (χ1n) is 16.0. The molecule has 0 N–H and O–H groups in total. The highest BCUT2D eigenvalue weighted by atomic mass is 16.6. The highest BCUT2D eigenvalue weighted by Gasteiger charge is 2.61. The predicted octanol–water partition coefficient (Wildman–Crippen LogP) is 6.59. The summed E-state index contributed by atoms with van der Waals surface area (Å²) in [4.78, 5) is 48.5. The molecular weight excluding hydrogens is 572 g/mol. The van der Waals surface area contributed by atoms with Crippen molar-refractivity contribution in [3.05, 3.63) is 83.0 Å². The predicted molar refractivity (Wildman–Crippen MR) is 167 cm³/mol. The fourth-order valence-electron chi connectivity index (χ4n) is 7.07. The van der Waals surface area contributed by atoms with Crippen LogP contribution in [0, 0.1) is 11.3 Å². The van der Waals surface area contributed by atoms with E-state index in [0.29, 0.717) is 36.8 Å². The van der Waals surface area contributed by atoms with Crippen molar-refractivity contribution >= 4 is 17.9 Å². The molecule has 240 valence electrons. The van der Waals surface area contributed by atoms with Gasteiger partial charge in [-0.05, 0) is 90.1 Å². The van der Waals surface area contributed by atoms with Crippen LogP contribution in [0.3, 0.4) is 0 Å². The second-order valence-electron chi connectivity index (χ2n) is 13.1. The van der Waals surface area contributed by atoms with Crippen LogP contribution in [0.5, 0.6) is 0 Å². The SMILES string of the molecule is CCCC(=O)OC[C@]12CCC(=C(C)C)[C@@H]1[C@@H](OC(=O)c1cccnc1)C[C@]1(C)O[C@@H]1CC/C(C)=C\[C@@H]2OC(=O)c1cccnc1. The Morgan fingerprint density at radius 3 is 2.27 bits per heavy atom. The first kappa shape index (κ1) is 32.5. The summed E-state index contributed by atoms with van der Waals surface area (Å²) >= 11 is 0. The topological polar surface area (TPSA) is 117 Å². The summed E-state index contributed by atoms with van der Waals surface area (Å²) in [6.45, 7) is 10.1. The van der Waals surface area contributed by atoms with Crippen LogP contribution in [-0.4, -0.2) is 58.4 Å². The highest BCUT2D eigenvalue weighted by molar-refractivity contribution is 5.89. The molecule has 3 heterocycles. The molecule has 6 atom stereocenters. The molecule has 5 rings (SSSR count). The van der Waals surface area contributed by atoms with Gasteiger partial charge in [0.2, 0.25) is 0 Å². The maximum absolute atomic E-state index is 13.7. The lowest BCUT2D eigenvalue weighted by molar-refractivity contribution is -0.153. The van der Waals surface area contributed by atoms with Gasteiger partial charge in [0.1, 0.15) is 18.8 Å². The lowest BCUT2D eigenvalue weighted by Gasteiger charge is -2.43. The molecule has 0 spiro atoms. The Morgan fingerprint density at radius 2 is 1.67 bits per heavy atom. The number of rotatable bonds is 8. The summed E-state index contributed by atoms with van der Waals surface area (Å²) in [5.74, 6) is -1.74. The minimum absolute atomic E-state index is 0.00303. The average Bonchev–Trinajstić information content (AvgIpc) is 3.50. The van der Waals surface area contributed by atoms with Crippen LogP contribution in [0.4, 0.5) is 0 Å². The molecule has 45 heavy (non-hydrogen) atoms. The molecule has 2 aromatic heterocycles. The van der Waals surface area contributed by atoms with E-state index in [-0.39, 0.29) is 25.1 Å². The van der Waals surface area contributed by atoms with Gasteiger partial charge in [-0.25, -0.2) is 9.59 Å². The number of hydrogen-bond donors (Lipinski definition) is 0. The smallest absolute Gasteiger partial charge is 0.340 e. The summed E-state index contributed by atoms with van der Waals surface area (Å²) in [6, 6.07) is 6.74. The quantitative estimate of drug-likeness (QED) is 0.140. The molecule has 9 nitrogen and oxygen atoms in total. The van der Waals surface area contributed by atoms with Crippen molar-refractivity contribution in [3.63, 3.8) is 0 Å². The Labute approximate surface area is 265 Å². The number of carbonyl (C=O) groups is 3. The fraction of sp³-hybridized carbons (Fsp3) is 0.528. The number of esters is 3. The largest absolute Gasteiger partial charge is 0.465 e. The van der Waals surface area contributed by atoms with Crippen LogP contribution in [0.1, 0.15) is 100 Å². The lowest BCUT2D eigenvalue weighted by atomic mass is 9.68. The number of nitrogens with zero attached hydrogens (tertiary/aromatic N) is 2. The van der Waals surface area contributed by atoms with Crippen molar-refractivity contribution in [2.75, 3.05) is 6.61 Å². The fourth-order valence-corrected chi connectivity index (χ4v) is 7.07. The van der Waals surface area contributed by atoms with Crippen LogP contribution >= 0.6 is 0 Å². The van der Waals surface area contributed by atoms with Gasteiger partial charge in [0.15, 0.2) is 0 Å². The van der Waals surface area contributed by atoms with Gasteiger partial charge in [-0.15, -0.1) is 0 Å². The van der Waals surface area contributed by atoms with Gasteiger partial charge < -0.3 is 18.9 Å². The number of epoxide rings is 1. The standard InChI is InChI=1S/C36H44N2O7/c1-6-9-31(39)42-22-36-15-14-27(23(2)3)32(36)28(43-33(40)25-10-7-16-37-20-25)19-35(5)29(45-35)13-12-24(4)18-30(36)44-34(41)26-11-8-17-38-21-26/h7-8,10-11,16-18,20-21,28-30,32H,6,9,12-15,19,22H2,1-5H3/b24-18-/t28-,29+,30-,32+,35-,36-/m0/s1. The number of allylic oxidation sites excluding steroid dienone is 2. The molecule has 1 aliphatic heterocycles. The molecule has 0 amide bonds. The van der Waals surface area contributed by atoms with E-state index in [9.17, 15) is 14.4 Å². The number of ether oxygens (including phenoxy) is 4. The Morgan fingerprint density at radius 1 is 1.00 bits per heavy atom. The van der Waals surface area contributed by atoms with E-state index in [2.05, 4.69) is 30.7 Å². The van der Waals surface area contributed by atoms with Crippen molar-refractivity contribution in [2.24, 2.45) is 11.3 Å². The number of carbonyl (C=O) groups excluding carboxylic acids is 3. The molecule has 0 radical (unpaired) electrons. The van der Waals surface area contributed by atoms with Gasteiger partial charge in [-0.1, -0.05) is 23.6 Å². The monoisotopic (exact) mass is 616 g/mol. The zero-order valence-electron chi connectivity index (χ0n) is 26.9. The molecule has 1 saturated heterocycles. The third-order valence-electron chi connectivity index (χ3n) is 9.56. The minimum atomic E-state index is -0.917. The maximum atomic E-state index is 13.7. The van der Waals surface area contributed by atoms with Gasteiger partial charge in [-0.3, -0.25) is 14.8 Å². The Hall–Kier alpha value is -3.85. The summed E-state index contributed by atoms with van der Waals surface area (Å²) in [5, 5.41) is 0. The maximum Gasteiger partial charge on any atom is 0.340 e. The highest BCUT2D eigenvalue weighted by Crippen LogP contribution is 2.57. The van der Waals surface area contributed by atoms with Gasteiger partial charge in [-0.2, -0.15) is 0 Å². The van der Waals surface area contributed by atoms with E-state index >= 15 is 0 Å². The number of fused-ring (bicyclic) bond motifs is 2. The lowest BCUT2D eigenvalue weighted by Crippen LogP contribution is -2.50. The molecular formula is C36H44N2O7. The molecule has 0 aromatic carbocycles. The number of pyridine rings is 2. The van der Waals surface area contributed by atoms with E-state index in [0.717, 1.165) is 29.6 Å². The number of hydrogen-bond acceptors (Lipinski definition) is 9. The van der Waals surface area contributed by atoms with E-state index in [1.165, 1.54) is 12.4 Å². The first-order chi connectivity index (χ1) is 21.6. The van der Waals surface area contributed by atoms with Crippen molar-refractivity contribution in [1.29, 1.82) is 0 Å². The summed E-state index contributed by atoms with van der Waals surface area (Å²) in [7, 11) is 0. The average molecular weight is 617 g/mol. The van der Waals surface area contributed by atoms with E-state index in [4.69, 9.17) is 18.9 Å². The molecule has 2 aliphatic carbocycles. The van der Waals surface area contributed by atoms with Crippen LogP contribution in [0.15, 0.2) is 71.8 Å². The summed E-state index contributed by atoms with van der Waals surface area (Å²) in [6.07, 6.45) is 10.9. The molecule has 0 unspecified atom stereocenters. The molecule has 0 bridgehead atoms. The van der Waals surface area contributed by atoms with Crippen LogP contribution in [0.25, 0.3) is 0 Å². The first-order valence-corrected chi connectivity index (χ1v) is 16.0. The third kappa shape index (κ3) is 7.19. The summed E-state index contributed by atoms with van der Waals surface area (Å²) < 4.78 is 25.2. The van der Waals surface area contributed by atoms with Crippen LogP contribution < -0.4 is 0 Å². The molecule has 1 saturated carbocycles. The third-order valence-corrected chi connectivity index (χ3v) is 9.56. The van der Waals surface area contributed by atoms with Gasteiger partial charge >= 0.3 is 17.9 Å². The van der Waals surface area contributed by atoms with E-state index < -0.39 is 41.1 Å². The van der Waals surface area contributed by atoms with Crippen LogP contribution in [0.2, 0.25) is 0 Å². The van der Waals surface area contributed by atoms with Crippen molar-refractivity contribution in [3.8, 4) is 0 Å². The van der Waals surface area contributed by atoms with Crippen molar-refractivity contribution in [1.82, 2.24) is 9.97 Å². The zero-order valence-corrected chi connectivity index (χ0v) is 26.9. The van der Waals surface area contributed by atoms with E-state index in [1.807, 2.05) is 19.9 Å². The van der Waals surface area contributed by atoms with Gasteiger partial charge in [0.25, 0.3) is 0 Å². The van der Waals surface area contributed by atoms with Gasteiger partial charge in [0.05, 0.1) is 28.2 Å². The second kappa shape index (κ2) is 13.6. The molecule has 9 heteroatoms. The van der Waals surface area contributed by atoms with Gasteiger partial charge in [0, 0.05) is 43.5 Å². The van der Waals surface area contributed by atoms with Crippen LogP contribution in [-0.2, 0) is 23.7 Å². The molecule has 2 fully saturated rings. The Bertz CT molecular complexity index is 1450. The summed E-state index contributed by atoms with van der Waals surface area (Å²) in [5.41, 5.74) is 2.51. The molecule has 3 aliphatic rings. The van der Waals surface area contributed by atoms with E-state index in [1.54, 1.807) is 36.7 Å². The Kier molecular flexibility index (Phi) is 9.87. The minimum Gasteiger partial charge on any atom is -0.465 e. The second-order valence-corrected chi connectivity index (χ2v) is 13.1. The van der Waals surface area contributed by atoms with Crippen molar-refractivity contribution < 1.29 is 33.3 Å². The normalized spacial score (nSPS) is 30.4. The Balaban J connectivity index is 1.66.